The number of fused-ring (bicyclic) bond motifs is 1. The summed E-state index contributed by atoms with van der Waals surface area (Å²) in [6, 6.07) is 6.88. The molecule has 100 valence electrons. The van der Waals surface area contributed by atoms with E-state index < -0.39 is 0 Å². The minimum atomic E-state index is 0.648. The van der Waals surface area contributed by atoms with Crippen molar-refractivity contribution in [2.75, 3.05) is 6.54 Å². The van der Waals surface area contributed by atoms with Crippen LogP contribution in [0.15, 0.2) is 24.4 Å². The van der Waals surface area contributed by atoms with Crippen molar-refractivity contribution in [1.82, 2.24) is 9.78 Å². The molecule has 3 heteroatoms. The molecule has 1 heterocycles. The van der Waals surface area contributed by atoms with Crippen molar-refractivity contribution in [2.45, 2.75) is 32.1 Å². The summed E-state index contributed by atoms with van der Waals surface area (Å²) in [7, 11) is 1.97. The summed E-state index contributed by atoms with van der Waals surface area (Å²) in [6.45, 7) is 0.648. The molecule has 2 aromatic rings. The third kappa shape index (κ3) is 2.43. The van der Waals surface area contributed by atoms with E-state index in [4.69, 9.17) is 5.73 Å². The maximum absolute atomic E-state index is 5.68. The van der Waals surface area contributed by atoms with Gasteiger partial charge >= 0.3 is 0 Å². The lowest BCUT2D eigenvalue weighted by Crippen LogP contribution is -2.05. The highest BCUT2D eigenvalue weighted by Gasteiger charge is 2.13. The van der Waals surface area contributed by atoms with E-state index in [9.17, 15) is 0 Å². The summed E-state index contributed by atoms with van der Waals surface area (Å²) in [5, 5.41) is 4.53. The van der Waals surface area contributed by atoms with Gasteiger partial charge in [0.25, 0.3) is 0 Å². The van der Waals surface area contributed by atoms with Gasteiger partial charge < -0.3 is 5.73 Å². The smallest absolute Gasteiger partial charge is 0.0715 e. The third-order valence-corrected chi connectivity index (χ3v) is 3.95. The maximum Gasteiger partial charge on any atom is 0.0715 e. The SMILES string of the molecule is Cn1cc(-c2ccc3c(c2)CCCC3)c(CCN)n1. The van der Waals surface area contributed by atoms with E-state index in [-0.39, 0.29) is 0 Å². The van der Waals surface area contributed by atoms with Crippen LogP contribution < -0.4 is 5.73 Å². The average Bonchev–Trinajstić information content (AvgIpc) is 2.80. The fraction of sp³-hybridized carbons (Fsp3) is 0.438. The van der Waals surface area contributed by atoms with Crippen LogP contribution in [0.4, 0.5) is 0 Å². The van der Waals surface area contributed by atoms with Gasteiger partial charge in [0.05, 0.1) is 5.69 Å². The van der Waals surface area contributed by atoms with Crippen molar-refractivity contribution in [3.05, 3.63) is 41.2 Å². The highest BCUT2D eigenvalue weighted by Crippen LogP contribution is 2.29. The Hall–Kier alpha value is -1.61. The van der Waals surface area contributed by atoms with E-state index in [1.165, 1.54) is 47.9 Å². The molecular formula is C16H21N3. The van der Waals surface area contributed by atoms with E-state index in [2.05, 4.69) is 29.5 Å². The first kappa shape index (κ1) is 12.4. The summed E-state index contributed by atoms with van der Waals surface area (Å²) in [6.07, 6.45) is 8.05. The highest BCUT2D eigenvalue weighted by molar-refractivity contribution is 5.67. The molecule has 0 bridgehead atoms. The summed E-state index contributed by atoms with van der Waals surface area (Å²) >= 11 is 0. The Bertz CT molecular complexity index is 584. The van der Waals surface area contributed by atoms with Crippen LogP contribution in [-0.2, 0) is 26.3 Å². The molecule has 0 spiro atoms. The van der Waals surface area contributed by atoms with Crippen molar-refractivity contribution in [3.8, 4) is 11.1 Å². The Balaban J connectivity index is 2.01. The van der Waals surface area contributed by atoms with E-state index in [0.29, 0.717) is 6.54 Å². The average molecular weight is 255 g/mol. The molecule has 1 aliphatic rings. The Labute approximate surface area is 114 Å². The van der Waals surface area contributed by atoms with Crippen LogP contribution in [0.3, 0.4) is 0 Å². The van der Waals surface area contributed by atoms with Crippen LogP contribution >= 0.6 is 0 Å². The van der Waals surface area contributed by atoms with Gasteiger partial charge in [0, 0.05) is 25.2 Å². The lowest BCUT2D eigenvalue weighted by molar-refractivity contribution is 0.686. The molecule has 19 heavy (non-hydrogen) atoms. The molecule has 2 N–H and O–H groups in total. The van der Waals surface area contributed by atoms with Gasteiger partial charge in [0.15, 0.2) is 0 Å². The minimum absolute atomic E-state index is 0.648. The van der Waals surface area contributed by atoms with Crippen molar-refractivity contribution in [2.24, 2.45) is 12.8 Å². The third-order valence-electron chi connectivity index (χ3n) is 3.95. The van der Waals surface area contributed by atoms with E-state index in [1.807, 2.05) is 11.7 Å². The number of hydrogen-bond acceptors (Lipinski definition) is 2. The summed E-state index contributed by atoms with van der Waals surface area (Å²) in [5.74, 6) is 0. The van der Waals surface area contributed by atoms with Crippen molar-refractivity contribution in [3.63, 3.8) is 0 Å². The van der Waals surface area contributed by atoms with Crippen LogP contribution in [0.1, 0.15) is 29.7 Å². The van der Waals surface area contributed by atoms with Crippen LogP contribution in [0, 0.1) is 0 Å². The van der Waals surface area contributed by atoms with Crippen LogP contribution in [-0.4, -0.2) is 16.3 Å². The second kappa shape index (κ2) is 5.17. The van der Waals surface area contributed by atoms with Gasteiger partial charge in [-0.1, -0.05) is 18.2 Å². The maximum atomic E-state index is 5.68. The Morgan fingerprint density at radius 3 is 2.79 bits per heavy atom. The topological polar surface area (TPSA) is 43.8 Å². The fourth-order valence-corrected chi connectivity index (χ4v) is 3.00. The number of nitrogens with zero attached hydrogens (tertiary/aromatic N) is 2. The molecule has 0 atom stereocenters. The van der Waals surface area contributed by atoms with Gasteiger partial charge in [0.1, 0.15) is 0 Å². The molecule has 1 aliphatic carbocycles. The van der Waals surface area contributed by atoms with Gasteiger partial charge in [-0.15, -0.1) is 0 Å². The van der Waals surface area contributed by atoms with E-state index in [1.54, 1.807) is 0 Å². The van der Waals surface area contributed by atoms with Gasteiger partial charge in [-0.25, -0.2) is 0 Å². The zero-order valence-corrected chi connectivity index (χ0v) is 11.5. The van der Waals surface area contributed by atoms with Crippen molar-refractivity contribution < 1.29 is 0 Å². The van der Waals surface area contributed by atoms with Crippen molar-refractivity contribution in [1.29, 1.82) is 0 Å². The first-order chi connectivity index (χ1) is 9.28. The molecule has 0 unspecified atom stereocenters. The zero-order valence-electron chi connectivity index (χ0n) is 11.5. The second-order valence-electron chi connectivity index (χ2n) is 5.39. The Morgan fingerprint density at radius 1 is 1.21 bits per heavy atom. The number of hydrogen-bond donors (Lipinski definition) is 1. The van der Waals surface area contributed by atoms with Crippen LogP contribution in [0.2, 0.25) is 0 Å². The van der Waals surface area contributed by atoms with Crippen LogP contribution in [0.25, 0.3) is 11.1 Å². The zero-order chi connectivity index (χ0) is 13.2. The molecule has 3 nitrogen and oxygen atoms in total. The molecule has 0 radical (unpaired) electrons. The molecule has 0 saturated heterocycles. The standard InChI is InChI=1S/C16H21N3/c1-19-11-15(16(18-19)8-9-17)14-7-6-12-4-2-3-5-13(12)10-14/h6-7,10-11H,2-5,8-9,17H2,1H3. The number of benzene rings is 1. The molecule has 0 aliphatic heterocycles. The lowest BCUT2D eigenvalue weighted by atomic mass is 9.89. The Morgan fingerprint density at radius 2 is 2.00 bits per heavy atom. The lowest BCUT2D eigenvalue weighted by Gasteiger charge is -2.16. The van der Waals surface area contributed by atoms with Crippen LogP contribution in [0.5, 0.6) is 0 Å². The first-order valence-corrected chi connectivity index (χ1v) is 7.12. The van der Waals surface area contributed by atoms with E-state index in [0.717, 1.165) is 12.1 Å². The first-order valence-electron chi connectivity index (χ1n) is 7.12. The number of aryl methyl sites for hydroxylation is 3. The van der Waals surface area contributed by atoms with Gasteiger partial charge in [-0.2, -0.15) is 5.10 Å². The predicted molar refractivity (Wildman–Crippen MR) is 78.0 cm³/mol. The highest BCUT2D eigenvalue weighted by atomic mass is 15.2. The minimum Gasteiger partial charge on any atom is -0.330 e. The van der Waals surface area contributed by atoms with E-state index >= 15 is 0 Å². The summed E-state index contributed by atoms with van der Waals surface area (Å²) in [4.78, 5) is 0. The summed E-state index contributed by atoms with van der Waals surface area (Å²) < 4.78 is 1.89. The number of rotatable bonds is 3. The second-order valence-corrected chi connectivity index (χ2v) is 5.39. The molecule has 0 fully saturated rings. The largest absolute Gasteiger partial charge is 0.330 e. The molecule has 3 rings (SSSR count). The van der Waals surface area contributed by atoms with Crippen molar-refractivity contribution >= 4 is 0 Å². The fourth-order valence-electron chi connectivity index (χ4n) is 3.00. The van der Waals surface area contributed by atoms with Gasteiger partial charge in [-0.05, 0) is 48.9 Å². The van der Waals surface area contributed by atoms with Gasteiger partial charge in [0.2, 0.25) is 0 Å². The Kier molecular flexibility index (Phi) is 3.38. The predicted octanol–water partition coefficient (Wildman–Crippen LogP) is 2.47. The molecular weight excluding hydrogens is 234 g/mol. The molecule has 0 saturated carbocycles. The monoisotopic (exact) mass is 255 g/mol. The normalized spacial score (nSPS) is 14.4. The number of aromatic nitrogens is 2. The quantitative estimate of drug-likeness (QED) is 0.915. The van der Waals surface area contributed by atoms with Gasteiger partial charge in [-0.3, -0.25) is 4.68 Å². The molecule has 0 amide bonds. The summed E-state index contributed by atoms with van der Waals surface area (Å²) in [5.41, 5.74) is 12.4. The number of nitrogens with two attached hydrogens (primary N) is 1. The molecule has 1 aromatic carbocycles. The molecule has 1 aromatic heterocycles.